The molecule has 0 aliphatic carbocycles. The van der Waals surface area contributed by atoms with Crippen molar-refractivity contribution >= 4 is 34.1 Å². The zero-order valence-corrected chi connectivity index (χ0v) is 11.4. The molecule has 0 fully saturated rings. The van der Waals surface area contributed by atoms with E-state index in [1.54, 1.807) is 0 Å². The van der Waals surface area contributed by atoms with Crippen molar-refractivity contribution in [3.8, 4) is 17.0 Å². The molecule has 4 rings (SSSR count). The summed E-state index contributed by atoms with van der Waals surface area (Å²) in [7, 11) is 0. The Hall–Kier alpha value is -1.64. The summed E-state index contributed by atoms with van der Waals surface area (Å²) in [5.41, 5.74) is 3.32. The molecule has 1 aliphatic rings. The molecule has 1 aliphatic heterocycles. The molecule has 3 aromatic rings. The first-order chi connectivity index (χ1) is 9.22. The minimum Gasteiger partial charge on any atom is -0.472 e. The average Bonchev–Trinajstić information content (AvgIpc) is 2.75. The summed E-state index contributed by atoms with van der Waals surface area (Å²) < 4.78 is 7.91. The zero-order valence-electron chi connectivity index (χ0n) is 9.86. The fourth-order valence-electron chi connectivity index (χ4n) is 2.57. The standard InChI is InChI=1S/C15H9Cl2NO/c16-10-2-4-13-9(5-10)6-14-12-3-1-11(17)7-15(12)19-8-18(13)14/h1-7H,8H2. The van der Waals surface area contributed by atoms with Gasteiger partial charge in [0.2, 0.25) is 0 Å². The van der Waals surface area contributed by atoms with Crippen LogP contribution in [0.5, 0.6) is 5.75 Å². The monoisotopic (exact) mass is 289 g/mol. The third kappa shape index (κ3) is 1.64. The van der Waals surface area contributed by atoms with Crippen LogP contribution in [0.15, 0.2) is 42.5 Å². The lowest BCUT2D eigenvalue weighted by atomic mass is 10.1. The number of nitrogens with zero attached hydrogens (tertiary/aromatic N) is 1. The molecular formula is C15H9Cl2NO. The Bertz CT molecular complexity index is 807. The lowest BCUT2D eigenvalue weighted by molar-refractivity contribution is 0.235. The summed E-state index contributed by atoms with van der Waals surface area (Å²) in [6, 6.07) is 13.7. The zero-order chi connectivity index (χ0) is 13.0. The Morgan fingerprint density at radius 1 is 0.947 bits per heavy atom. The molecule has 2 aromatic carbocycles. The van der Waals surface area contributed by atoms with Crippen molar-refractivity contribution in [1.29, 1.82) is 0 Å². The van der Waals surface area contributed by atoms with Crippen LogP contribution in [0.2, 0.25) is 10.0 Å². The molecule has 0 bridgehead atoms. The van der Waals surface area contributed by atoms with Gasteiger partial charge in [-0.25, -0.2) is 0 Å². The van der Waals surface area contributed by atoms with Crippen LogP contribution in [0.1, 0.15) is 0 Å². The van der Waals surface area contributed by atoms with Crippen LogP contribution in [-0.2, 0) is 6.73 Å². The van der Waals surface area contributed by atoms with Gasteiger partial charge in [0.05, 0.1) is 11.2 Å². The van der Waals surface area contributed by atoms with Crippen LogP contribution >= 0.6 is 23.2 Å². The Kier molecular flexibility index (Phi) is 2.32. The number of rotatable bonds is 0. The summed E-state index contributed by atoms with van der Waals surface area (Å²) >= 11 is 12.0. The van der Waals surface area contributed by atoms with Gasteiger partial charge in [-0.1, -0.05) is 23.2 Å². The lowest BCUT2D eigenvalue weighted by Gasteiger charge is -2.21. The van der Waals surface area contributed by atoms with Crippen molar-refractivity contribution in [3.63, 3.8) is 0 Å². The van der Waals surface area contributed by atoms with Gasteiger partial charge in [-0.05, 0) is 42.5 Å². The molecule has 2 heterocycles. The Labute approximate surface area is 120 Å². The molecule has 1 aromatic heterocycles. The number of hydrogen-bond donors (Lipinski definition) is 0. The van der Waals surface area contributed by atoms with Crippen molar-refractivity contribution in [1.82, 2.24) is 4.57 Å². The second-order valence-electron chi connectivity index (χ2n) is 4.57. The second kappa shape index (κ2) is 3.92. The maximum Gasteiger partial charge on any atom is 0.165 e. The molecule has 0 radical (unpaired) electrons. The fourth-order valence-corrected chi connectivity index (χ4v) is 2.91. The van der Waals surface area contributed by atoms with Gasteiger partial charge in [-0.2, -0.15) is 0 Å². The van der Waals surface area contributed by atoms with Crippen LogP contribution < -0.4 is 4.74 Å². The van der Waals surface area contributed by atoms with E-state index >= 15 is 0 Å². The fraction of sp³-hybridized carbons (Fsp3) is 0.0667. The van der Waals surface area contributed by atoms with Gasteiger partial charge in [0.25, 0.3) is 0 Å². The van der Waals surface area contributed by atoms with E-state index in [-0.39, 0.29) is 0 Å². The molecular weight excluding hydrogens is 281 g/mol. The first-order valence-corrected chi connectivity index (χ1v) is 6.69. The topological polar surface area (TPSA) is 14.2 Å². The van der Waals surface area contributed by atoms with E-state index in [2.05, 4.69) is 10.6 Å². The van der Waals surface area contributed by atoms with Gasteiger partial charge >= 0.3 is 0 Å². The molecule has 4 heteroatoms. The maximum atomic E-state index is 6.05. The Morgan fingerprint density at radius 3 is 2.63 bits per heavy atom. The van der Waals surface area contributed by atoms with Crippen LogP contribution in [0, 0.1) is 0 Å². The van der Waals surface area contributed by atoms with Gasteiger partial charge in [0.15, 0.2) is 6.73 Å². The van der Waals surface area contributed by atoms with Crippen molar-refractivity contribution in [3.05, 3.63) is 52.5 Å². The minimum atomic E-state index is 0.494. The number of benzene rings is 2. The normalized spacial score (nSPS) is 12.9. The Morgan fingerprint density at radius 2 is 1.74 bits per heavy atom. The van der Waals surface area contributed by atoms with E-state index < -0.39 is 0 Å². The highest BCUT2D eigenvalue weighted by Gasteiger charge is 2.19. The molecule has 0 spiro atoms. The molecule has 0 saturated carbocycles. The molecule has 0 amide bonds. The third-order valence-corrected chi connectivity index (χ3v) is 3.90. The highest BCUT2D eigenvalue weighted by molar-refractivity contribution is 6.31. The SMILES string of the molecule is Clc1ccc2c(c1)OCn1c-2cc2cc(Cl)ccc21. The van der Waals surface area contributed by atoms with Crippen molar-refractivity contribution < 1.29 is 4.74 Å². The summed E-state index contributed by atoms with van der Waals surface area (Å²) in [4.78, 5) is 0. The lowest BCUT2D eigenvalue weighted by Crippen LogP contribution is -2.12. The van der Waals surface area contributed by atoms with E-state index in [0.29, 0.717) is 11.8 Å². The minimum absolute atomic E-state index is 0.494. The smallest absolute Gasteiger partial charge is 0.165 e. The Balaban J connectivity index is 2.04. The number of halogens is 2. The number of ether oxygens (including phenoxy) is 1. The maximum absolute atomic E-state index is 6.05. The number of hydrogen-bond acceptors (Lipinski definition) is 1. The van der Waals surface area contributed by atoms with Gasteiger partial charge in [-0.15, -0.1) is 0 Å². The van der Waals surface area contributed by atoms with E-state index in [4.69, 9.17) is 27.9 Å². The van der Waals surface area contributed by atoms with Crippen molar-refractivity contribution in [2.45, 2.75) is 6.73 Å². The molecule has 0 unspecified atom stereocenters. The second-order valence-corrected chi connectivity index (χ2v) is 5.45. The van der Waals surface area contributed by atoms with Gasteiger partial charge in [0.1, 0.15) is 5.75 Å². The van der Waals surface area contributed by atoms with Crippen LogP contribution in [0.3, 0.4) is 0 Å². The summed E-state index contributed by atoms with van der Waals surface area (Å²) in [5, 5.41) is 2.55. The molecule has 0 atom stereocenters. The molecule has 0 saturated heterocycles. The summed E-state index contributed by atoms with van der Waals surface area (Å²) in [5.74, 6) is 0.828. The number of aromatic nitrogens is 1. The average molecular weight is 290 g/mol. The van der Waals surface area contributed by atoms with E-state index in [9.17, 15) is 0 Å². The molecule has 2 nitrogen and oxygen atoms in total. The van der Waals surface area contributed by atoms with Crippen LogP contribution in [0.4, 0.5) is 0 Å². The van der Waals surface area contributed by atoms with Gasteiger partial charge in [0, 0.05) is 21.0 Å². The van der Waals surface area contributed by atoms with Crippen molar-refractivity contribution in [2.24, 2.45) is 0 Å². The van der Waals surface area contributed by atoms with Gasteiger partial charge in [-0.3, -0.25) is 0 Å². The summed E-state index contributed by atoms with van der Waals surface area (Å²) in [6.45, 7) is 0.494. The van der Waals surface area contributed by atoms with Crippen LogP contribution in [0.25, 0.3) is 22.2 Å². The highest BCUT2D eigenvalue weighted by Crippen LogP contribution is 2.39. The predicted molar refractivity (Wildman–Crippen MR) is 78.0 cm³/mol. The largest absolute Gasteiger partial charge is 0.472 e. The van der Waals surface area contributed by atoms with Crippen molar-refractivity contribution in [2.75, 3.05) is 0 Å². The highest BCUT2D eigenvalue weighted by atomic mass is 35.5. The van der Waals surface area contributed by atoms with E-state index in [1.165, 1.54) is 0 Å². The summed E-state index contributed by atoms with van der Waals surface area (Å²) in [6.07, 6.45) is 0. The third-order valence-electron chi connectivity index (χ3n) is 3.43. The first kappa shape index (κ1) is 11.2. The molecule has 94 valence electrons. The first-order valence-electron chi connectivity index (χ1n) is 5.94. The van der Waals surface area contributed by atoms with E-state index in [1.807, 2.05) is 36.4 Å². The van der Waals surface area contributed by atoms with Gasteiger partial charge < -0.3 is 9.30 Å². The van der Waals surface area contributed by atoms with E-state index in [0.717, 1.165) is 32.9 Å². The quantitative estimate of drug-likeness (QED) is 0.570. The molecule has 19 heavy (non-hydrogen) atoms. The number of fused-ring (bicyclic) bond motifs is 5. The molecule has 0 N–H and O–H groups in total. The van der Waals surface area contributed by atoms with Crippen LogP contribution in [-0.4, -0.2) is 4.57 Å². The predicted octanol–water partition coefficient (Wildman–Crippen LogP) is 4.97.